The molecule has 6 nitrogen and oxygen atoms in total. The highest BCUT2D eigenvalue weighted by Gasteiger charge is 2.39. The lowest BCUT2D eigenvalue weighted by Crippen LogP contribution is -2.30. The highest BCUT2D eigenvalue weighted by Crippen LogP contribution is 2.48. The summed E-state index contributed by atoms with van der Waals surface area (Å²) in [6.07, 6.45) is 4.62. The van der Waals surface area contributed by atoms with Gasteiger partial charge in [-0.1, -0.05) is 12.1 Å². The third kappa shape index (κ3) is 4.47. The van der Waals surface area contributed by atoms with Gasteiger partial charge < -0.3 is 19.9 Å². The van der Waals surface area contributed by atoms with Crippen LogP contribution in [0.1, 0.15) is 62.4 Å². The number of benzene rings is 2. The van der Waals surface area contributed by atoms with E-state index in [1.165, 1.54) is 18.7 Å². The molecule has 0 unspecified atom stereocenters. The molecular formula is C27H32N2O4. The fourth-order valence-corrected chi connectivity index (χ4v) is 4.64. The molecule has 4 rings (SSSR count). The summed E-state index contributed by atoms with van der Waals surface area (Å²) in [5.41, 5.74) is 12.4. The topological polar surface area (TPSA) is 83.1 Å². The summed E-state index contributed by atoms with van der Waals surface area (Å²) in [5, 5.41) is 0. The molecule has 2 heterocycles. The number of nitrogens with two attached hydrogens (primary N) is 1. The maximum atomic E-state index is 11.5. The van der Waals surface area contributed by atoms with Crippen LogP contribution in [0, 0.1) is 0 Å². The first-order chi connectivity index (χ1) is 15.5. The second-order valence-corrected chi connectivity index (χ2v) is 9.84. The lowest BCUT2D eigenvalue weighted by Gasteiger charge is -2.31. The zero-order valence-electron chi connectivity index (χ0n) is 20.2. The van der Waals surface area contributed by atoms with Gasteiger partial charge in [-0.25, -0.2) is 4.79 Å². The standard InChI is InChI=1S/C27H32N2O4/c1-7-32-21-13-18-14-26(2,3)29-24(23(18)19-15-27(4,5)33-25(19)21)17-9-8-16(20(28)12-17)10-11-22(30)31-6/h8-13H,7,14-15,28H2,1-6H3/b11-10+. The van der Waals surface area contributed by atoms with Gasteiger partial charge in [-0.05, 0) is 70.4 Å². The van der Waals surface area contributed by atoms with Crippen molar-refractivity contribution in [1.82, 2.24) is 0 Å². The Balaban J connectivity index is 1.86. The molecule has 0 spiro atoms. The molecule has 0 fully saturated rings. The third-order valence-electron chi connectivity index (χ3n) is 5.94. The quantitative estimate of drug-likeness (QED) is 0.406. The summed E-state index contributed by atoms with van der Waals surface area (Å²) >= 11 is 0. The van der Waals surface area contributed by atoms with E-state index >= 15 is 0 Å². The van der Waals surface area contributed by atoms with Crippen molar-refractivity contribution in [2.24, 2.45) is 4.99 Å². The van der Waals surface area contributed by atoms with E-state index in [-0.39, 0.29) is 11.1 Å². The van der Waals surface area contributed by atoms with Crippen LogP contribution in [0.25, 0.3) is 6.08 Å². The van der Waals surface area contributed by atoms with Crippen molar-refractivity contribution in [3.63, 3.8) is 0 Å². The minimum Gasteiger partial charge on any atom is -0.490 e. The van der Waals surface area contributed by atoms with Crippen LogP contribution in [-0.4, -0.2) is 36.5 Å². The Bertz CT molecular complexity index is 1180. The van der Waals surface area contributed by atoms with Crippen molar-refractivity contribution < 1.29 is 19.0 Å². The van der Waals surface area contributed by atoms with Gasteiger partial charge in [0.05, 0.1) is 25.0 Å². The maximum absolute atomic E-state index is 11.5. The van der Waals surface area contributed by atoms with Crippen molar-refractivity contribution in [2.45, 2.75) is 58.6 Å². The van der Waals surface area contributed by atoms with Crippen molar-refractivity contribution in [2.75, 3.05) is 19.5 Å². The van der Waals surface area contributed by atoms with Gasteiger partial charge in [0.15, 0.2) is 11.5 Å². The van der Waals surface area contributed by atoms with Crippen molar-refractivity contribution >= 4 is 23.4 Å². The molecule has 2 aromatic carbocycles. The summed E-state index contributed by atoms with van der Waals surface area (Å²) in [6, 6.07) is 7.95. The SMILES string of the molecule is CCOc1cc2c(c3c1OC(C)(C)C3)C(c1ccc(/C=C/C(=O)OC)c(N)c1)=NC(C)(C)C2. The molecule has 0 aromatic heterocycles. The first kappa shape index (κ1) is 22.9. The number of carbonyl (C=O) groups is 1. The summed E-state index contributed by atoms with van der Waals surface area (Å²) in [6.45, 7) is 11.0. The largest absolute Gasteiger partial charge is 0.490 e. The van der Waals surface area contributed by atoms with Gasteiger partial charge in [-0.2, -0.15) is 0 Å². The molecule has 6 heteroatoms. The molecule has 0 atom stereocenters. The molecule has 0 aliphatic carbocycles. The Morgan fingerprint density at radius 2 is 1.97 bits per heavy atom. The second-order valence-electron chi connectivity index (χ2n) is 9.84. The predicted molar refractivity (Wildman–Crippen MR) is 131 cm³/mol. The molecule has 2 aliphatic rings. The van der Waals surface area contributed by atoms with Crippen LogP contribution >= 0.6 is 0 Å². The van der Waals surface area contributed by atoms with Crippen LogP contribution in [0.15, 0.2) is 35.3 Å². The summed E-state index contributed by atoms with van der Waals surface area (Å²) in [5.74, 6) is 1.20. The molecule has 174 valence electrons. The van der Waals surface area contributed by atoms with Crippen molar-refractivity contribution in [3.05, 3.63) is 58.2 Å². The molecule has 33 heavy (non-hydrogen) atoms. The van der Waals surface area contributed by atoms with Crippen LogP contribution in [0.2, 0.25) is 0 Å². The number of aliphatic imine (C=N–C) groups is 1. The van der Waals surface area contributed by atoms with Crippen LogP contribution in [-0.2, 0) is 22.4 Å². The van der Waals surface area contributed by atoms with Gasteiger partial charge in [0, 0.05) is 34.9 Å². The predicted octanol–water partition coefficient (Wildman–Crippen LogP) is 4.74. The molecule has 2 aromatic rings. The zero-order chi connectivity index (χ0) is 24.0. The second kappa shape index (κ2) is 8.25. The Labute approximate surface area is 195 Å². The van der Waals surface area contributed by atoms with E-state index in [2.05, 4.69) is 38.5 Å². The average Bonchev–Trinajstić information content (AvgIpc) is 3.06. The number of carbonyl (C=O) groups excluding carboxylic acids is 1. The van der Waals surface area contributed by atoms with Crippen LogP contribution in [0.3, 0.4) is 0 Å². The number of nitrogens with zero attached hydrogens (tertiary/aromatic N) is 1. The summed E-state index contributed by atoms with van der Waals surface area (Å²) in [4.78, 5) is 16.6. The molecule has 0 amide bonds. The van der Waals surface area contributed by atoms with E-state index in [0.717, 1.165) is 52.3 Å². The van der Waals surface area contributed by atoms with E-state index in [9.17, 15) is 4.79 Å². The van der Waals surface area contributed by atoms with E-state index in [1.807, 2.05) is 25.1 Å². The van der Waals surface area contributed by atoms with Crippen molar-refractivity contribution in [3.8, 4) is 11.5 Å². The molecule has 0 radical (unpaired) electrons. The highest BCUT2D eigenvalue weighted by molar-refractivity contribution is 6.16. The van der Waals surface area contributed by atoms with Gasteiger partial charge in [-0.3, -0.25) is 4.99 Å². The Morgan fingerprint density at radius 3 is 2.64 bits per heavy atom. The number of esters is 1. The van der Waals surface area contributed by atoms with E-state index in [4.69, 9.17) is 20.2 Å². The third-order valence-corrected chi connectivity index (χ3v) is 5.94. The number of rotatable bonds is 5. The molecule has 0 saturated heterocycles. The Morgan fingerprint density at radius 1 is 1.21 bits per heavy atom. The minimum atomic E-state index is -0.422. The summed E-state index contributed by atoms with van der Waals surface area (Å²) in [7, 11) is 1.35. The monoisotopic (exact) mass is 448 g/mol. The number of hydrogen-bond donors (Lipinski definition) is 1. The van der Waals surface area contributed by atoms with Gasteiger partial charge in [0.1, 0.15) is 5.60 Å². The van der Waals surface area contributed by atoms with E-state index in [1.54, 1.807) is 6.08 Å². The Hall–Kier alpha value is -3.28. The first-order valence-corrected chi connectivity index (χ1v) is 11.3. The fourth-order valence-electron chi connectivity index (χ4n) is 4.64. The molecule has 0 saturated carbocycles. The number of ether oxygens (including phenoxy) is 3. The highest BCUT2D eigenvalue weighted by atomic mass is 16.5. The lowest BCUT2D eigenvalue weighted by molar-refractivity contribution is -0.134. The van der Waals surface area contributed by atoms with E-state index < -0.39 is 5.97 Å². The number of hydrogen-bond acceptors (Lipinski definition) is 6. The van der Waals surface area contributed by atoms with E-state index in [0.29, 0.717) is 12.3 Å². The zero-order valence-corrected chi connectivity index (χ0v) is 20.2. The fraction of sp³-hybridized carbons (Fsp3) is 0.407. The smallest absolute Gasteiger partial charge is 0.330 e. The normalized spacial score (nSPS) is 17.7. The van der Waals surface area contributed by atoms with Crippen LogP contribution < -0.4 is 15.2 Å². The summed E-state index contributed by atoms with van der Waals surface area (Å²) < 4.78 is 17.0. The first-order valence-electron chi connectivity index (χ1n) is 11.3. The molecule has 0 bridgehead atoms. The number of nitrogen functional groups attached to an aromatic ring is 1. The number of fused-ring (bicyclic) bond motifs is 3. The maximum Gasteiger partial charge on any atom is 0.330 e. The van der Waals surface area contributed by atoms with Gasteiger partial charge in [0.2, 0.25) is 0 Å². The molecule has 2 aliphatic heterocycles. The van der Waals surface area contributed by atoms with Crippen LogP contribution in [0.4, 0.5) is 5.69 Å². The van der Waals surface area contributed by atoms with Gasteiger partial charge in [0.25, 0.3) is 0 Å². The number of anilines is 1. The van der Waals surface area contributed by atoms with Gasteiger partial charge >= 0.3 is 5.97 Å². The Kier molecular flexibility index (Phi) is 5.72. The minimum absolute atomic E-state index is 0.271. The lowest BCUT2D eigenvalue weighted by atomic mass is 9.80. The van der Waals surface area contributed by atoms with Gasteiger partial charge in [-0.15, -0.1) is 0 Å². The van der Waals surface area contributed by atoms with Crippen molar-refractivity contribution in [1.29, 1.82) is 0 Å². The van der Waals surface area contributed by atoms with Crippen LogP contribution in [0.5, 0.6) is 11.5 Å². The average molecular weight is 449 g/mol. The molecular weight excluding hydrogens is 416 g/mol. The molecule has 2 N–H and O–H groups in total. The number of methoxy groups -OCH3 is 1.